The van der Waals surface area contributed by atoms with Crippen LogP contribution in [0.4, 0.5) is 0 Å². The van der Waals surface area contributed by atoms with E-state index >= 15 is 0 Å². The molecular weight excluding hydrogens is 647 g/mol. The normalized spacial score (nSPS) is 11.0. The summed E-state index contributed by atoms with van der Waals surface area (Å²) in [5, 5.41) is 10.3. The Morgan fingerprint density at radius 1 is 0.895 bits per heavy atom. The number of para-hydroxylation sites is 2. The Balaban J connectivity index is 0.000000206. The summed E-state index contributed by atoms with van der Waals surface area (Å²) in [6.07, 6.45) is 2.02. The number of phenolic OH excluding ortho intramolecular Hbond substituents is 1. The minimum atomic E-state index is 0. The fraction of sp³-hybridized carbons (Fsp3) is 0.212. The van der Waals surface area contributed by atoms with Crippen molar-refractivity contribution in [1.29, 1.82) is 0 Å². The first-order valence-corrected chi connectivity index (χ1v) is 12.5. The SMILES string of the molecule is Cc1cc(C)c(O)c(-c2nc3ccccc3n2C)c1.[CH2-]c1ccccc1-c1cc(C(C)(C)C)cc[n+]1[CH2-].[Ir]. The topological polar surface area (TPSA) is 41.9 Å². The van der Waals surface area contributed by atoms with Crippen molar-refractivity contribution in [1.82, 2.24) is 9.55 Å². The Morgan fingerprint density at radius 2 is 1.55 bits per heavy atom. The largest absolute Gasteiger partial charge is 0.507 e. The summed E-state index contributed by atoms with van der Waals surface area (Å²) < 4.78 is 3.92. The second-order valence-corrected chi connectivity index (χ2v) is 10.6. The molecular formula is C33H36IrN3O-. The van der Waals surface area contributed by atoms with Gasteiger partial charge in [0.25, 0.3) is 0 Å². The Labute approximate surface area is 240 Å². The Morgan fingerprint density at radius 3 is 2.21 bits per heavy atom. The molecule has 0 amide bonds. The molecule has 5 rings (SSSR count). The molecule has 0 atom stereocenters. The van der Waals surface area contributed by atoms with Crippen LogP contribution in [0.1, 0.15) is 43.0 Å². The molecule has 0 unspecified atom stereocenters. The number of imidazole rings is 1. The van der Waals surface area contributed by atoms with Gasteiger partial charge in [-0.25, -0.2) is 4.98 Å². The van der Waals surface area contributed by atoms with E-state index in [1.807, 2.05) is 90.8 Å². The van der Waals surface area contributed by atoms with E-state index in [9.17, 15) is 5.11 Å². The zero-order chi connectivity index (χ0) is 26.9. The van der Waals surface area contributed by atoms with E-state index in [2.05, 4.69) is 57.9 Å². The summed E-state index contributed by atoms with van der Waals surface area (Å²) in [7, 11) is 6.02. The molecule has 5 aromatic rings. The zero-order valence-corrected chi connectivity index (χ0v) is 25.4. The van der Waals surface area contributed by atoms with E-state index in [4.69, 9.17) is 0 Å². The van der Waals surface area contributed by atoms with Crippen LogP contribution in [0.2, 0.25) is 0 Å². The number of phenols is 1. The third-order valence-electron chi connectivity index (χ3n) is 6.67. The van der Waals surface area contributed by atoms with Crippen molar-refractivity contribution in [3.63, 3.8) is 0 Å². The van der Waals surface area contributed by atoms with Crippen molar-refractivity contribution < 1.29 is 29.8 Å². The van der Waals surface area contributed by atoms with Crippen LogP contribution in [0.25, 0.3) is 33.7 Å². The maximum atomic E-state index is 10.3. The molecule has 3 aromatic carbocycles. The van der Waals surface area contributed by atoms with E-state index in [0.29, 0.717) is 5.75 Å². The number of hydrogen-bond acceptors (Lipinski definition) is 2. The maximum absolute atomic E-state index is 10.3. The molecule has 5 heteroatoms. The molecule has 0 spiro atoms. The number of hydrogen-bond donors (Lipinski definition) is 1. The van der Waals surface area contributed by atoms with Gasteiger partial charge < -0.3 is 14.2 Å². The molecule has 2 heterocycles. The smallest absolute Gasteiger partial charge is 0.144 e. The molecule has 2 aromatic heterocycles. The molecule has 0 saturated heterocycles. The van der Waals surface area contributed by atoms with Gasteiger partial charge in [0.05, 0.1) is 28.5 Å². The molecule has 0 fully saturated rings. The predicted octanol–water partition coefficient (Wildman–Crippen LogP) is 7.32. The number of benzene rings is 3. The van der Waals surface area contributed by atoms with Crippen LogP contribution in [0.5, 0.6) is 5.75 Å². The van der Waals surface area contributed by atoms with Crippen LogP contribution in [0, 0.1) is 27.8 Å². The standard InChI is InChI=1S/C17H20N.C16H16N2O.Ir/c1-13-8-6-7-9-15(13)16-12-14(17(2,3)4)10-11-18(16)5;1-10-8-11(2)15(19)12(9-10)16-17-13-6-4-5-7-14(13)18(16)3;/h6-12H,1,5H2,2-4H3;4-9,19H,1-3H3;/q-1;;. The van der Waals surface area contributed by atoms with Gasteiger partial charge in [0.1, 0.15) is 11.6 Å². The molecule has 0 saturated carbocycles. The van der Waals surface area contributed by atoms with Gasteiger partial charge in [-0.2, -0.15) is 18.6 Å². The van der Waals surface area contributed by atoms with Crippen LogP contribution in [0.15, 0.2) is 79.0 Å². The van der Waals surface area contributed by atoms with Crippen LogP contribution < -0.4 is 4.57 Å². The van der Waals surface area contributed by atoms with Crippen molar-refractivity contribution in [3.05, 3.63) is 115 Å². The van der Waals surface area contributed by atoms with Crippen LogP contribution in [-0.4, -0.2) is 14.7 Å². The van der Waals surface area contributed by atoms with Gasteiger partial charge in [-0.3, -0.25) is 0 Å². The van der Waals surface area contributed by atoms with E-state index in [1.54, 1.807) is 0 Å². The van der Waals surface area contributed by atoms with Crippen LogP contribution in [-0.2, 0) is 32.6 Å². The van der Waals surface area contributed by atoms with Gasteiger partial charge in [-0.15, -0.1) is 17.7 Å². The van der Waals surface area contributed by atoms with Crippen molar-refractivity contribution in [2.75, 3.05) is 0 Å². The molecule has 0 aliphatic carbocycles. The summed E-state index contributed by atoms with van der Waals surface area (Å²) in [5.41, 5.74) is 9.51. The molecule has 4 nitrogen and oxygen atoms in total. The third-order valence-corrected chi connectivity index (χ3v) is 6.67. The predicted molar refractivity (Wildman–Crippen MR) is 153 cm³/mol. The van der Waals surface area contributed by atoms with Crippen molar-refractivity contribution in [2.45, 2.75) is 40.0 Å². The first kappa shape index (κ1) is 29.0. The van der Waals surface area contributed by atoms with Crippen molar-refractivity contribution >= 4 is 11.0 Å². The molecule has 199 valence electrons. The Bertz CT molecular complexity index is 1580. The average molecular weight is 683 g/mol. The Hall–Kier alpha value is -3.53. The van der Waals surface area contributed by atoms with Gasteiger partial charge in [-0.05, 0) is 48.6 Å². The maximum Gasteiger partial charge on any atom is 0.144 e. The number of aromatic hydroxyl groups is 1. The fourth-order valence-corrected chi connectivity index (χ4v) is 4.51. The van der Waals surface area contributed by atoms with Crippen molar-refractivity contribution in [2.24, 2.45) is 7.05 Å². The number of aryl methyl sites for hydroxylation is 3. The summed E-state index contributed by atoms with van der Waals surface area (Å²) in [4.78, 5) is 4.63. The van der Waals surface area contributed by atoms with Gasteiger partial charge >= 0.3 is 0 Å². The number of nitrogens with zero attached hydrogens (tertiary/aromatic N) is 3. The second kappa shape index (κ2) is 11.5. The number of pyridine rings is 1. The summed E-state index contributed by atoms with van der Waals surface area (Å²) in [6, 6.07) is 24.4. The van der Waals surface area contributed by atoms with Crippen LogP contribution >= 0.6 is 0 Å². The summed E-state index contributed by atoms with van der Waals surface area (Å²) in [6.45, 7) is 14.7. The molecule has 0 aliphatic rings. The van der Waals surface area contributed by atoms with Gasteiger partial charge in [-0.1, -0.05) is 62.7 Å². The van der Waals surface area contributed by atoms with Gasteiger partial charge in [0.2, 0.25) is 0 Å². The number of rotatable bonds is 2. The second-order valence-electron chi connectivity index (χ2n) is 10.6. The molecule has 1 N–H and O–H groups in total. The van der Waals surface area contributed by atoms with Crippen LogP contribution in [0.3, 0.4) is 0 Å². The molecule has 38 heavy (non-hydrogen) atoms. The summed E-state index contributed by atoms with van der Waals surface area (Å²) in [5.74, 6) is 1.11. The molecule has 0 aliphatic heterocycles. The molecule has 0 bridgehead atoms. The van der Waals surface area contributed by atoms with Gasteiger partial charge in [0, 0.05) is 34.2 Å². The average Bonchev–Trinajstić information content (AvgIpc) is 3.18. The number of fused-ring (bicyclic) bond motifs is 1. The van der Waals surface area contributed by atoms with Crippen molar-refractivity contribution in [3.8, 4) is 28.4 Å². The minimum absolute atomic E-state index is 0. The monoisotopic (exact) mass is 683 g/mol. The van der Waals surface area contributed by atoms with E-state index < -0.39 is 0 Å². The van der Waals surface area contributed by atoms with E-state index in [-0.39, 0.29) is 25.5 Å². The third kappa shape index (κ3) is 5.96. The van der Waals surface area contributed by atoms with E-state index in [0.717, 1.165) is 50.4 Å². The summed E-state index contributed by atoms with van der Waals surface area (Å²) >= 11 is 0. The minimum Gasteiger partial charge on any atom is -0.507 e. The van der Waals surface area contributed by atoms with Gasteiger partial charge in [0.15, 0.2) is 0 Å². The number of aromatic nitrogens is 3. The fourth-order valence-electron chi connectivity index (χ4n) is 4.51. The zero-order valence-electron chi connectivity index (χ0n) is 23.0. The molecule has 1 radical (unpaired) electrons. The van der Waals surface area contributed by atoms with E-state index in [1.165, 1.54) is 5.56 Å². The Kier molecular flexibility index (Phi) is 8.76. The quantitative estimate of drug-likeness (QED) is 0.157. The first-order chi connectivity index (χ1) is 17.5. The first-order valence-electron chi connectivity index (χ1n) is 12.5.